The topological polar surface area (TPSA) is 67.5 Å². The minimum Gasteiger partial charge on any atom is -0.496 e. The van der Waals surface area contributed by atoms with Gasteiger partial charge in [0, 0.05) is 24.7 Å². The lowest BCUT2D eigenvalue weighted by atomic mass is 9.90. The van der Waals surface area contributed by atoms with Gasteiger partial charge in [-0.2, -0.15) is 0 Å². The van der Waals surface area contributed by atoms with Crippen LogP contribution < -0.4 is 15.8 Å². The van der Waals surface area contributed by atoms with Gasteiger partial charge in [0.2, 0.25) is 0 Å². The average Bonchev–Trinajstić information content (AvgIpc) is 2.47. The fourth-order valence-corrected chi connectivity index (χ4v) is 2.48. The van der Waals surface area contributed by atoms with Gasteiger partial charge in [0.25, 0.3) is 0 Å². The van der Waals surface area contributed by atoms with Crippen molar-refractivity contribution in [1.29, 1.82) is 0 Å². The molecule has 4 nitrogen and oxygen atoms in total. The van der Waals surface area contributed by atoms with Gasteiger partial charge in [-0.3, -0.25) is 0 Å². The molecule has 0 heterocycles. The molecule has 114 valence electrons. The molecular formula is C16H28N2O2. The second-order valence-electron chi connectivity index (χ2n) is 5.52. The fourth-order valence-electron chi connectivity index (χ4n) is 2.48. The molecule has 0 aliphatic rings. The Labute approximate surface area is 122 Å². The Bertz CT molecular complexity index is 398. The highest BCUT2D eigenvalue weighted by atomic mass is 16.5. The molecule has 1 aromatic carbocycles. The van der Waals surface area contributed by atoms with E-state index in [4.69, 9.17) is 15.6 Å². The van der Waals surface area contributed by atoms with Crippen molar-refractivity contribution in [3.05, 3.63) is 29.8 Å². The van der Waals surface area contributed by atoms with E-state index in [1.54, 1.807) is 7.11 Å². The Morgan fingerprint density at radius 1 is 1.40 bits per heavy atom. The highest BCUT2D eigenvalue weighted by molar-refractivity contribution is 5.34. The summed E-state index contributed by atoms with van der Waals surface area (Å²) in [5.74, 6) is 0.893. The Morgan fingerprint density at radius 3 is 2.65 bits per heavy atom. The number of aliphatic hydroxyl groups excluding tert-OH is 1. The standard InChI is InChI=1S/C16H28N2O2/c1-4-14(9-10-19)18-16(2,12-17)11-13-7-5-6-8-15(13)20-3/h5-8,14,18-19H,4,9-12,17H2,1-3H3. The molecule has 0 aliphatic carbocycles. The summed E-state index contributed by atoms with van der Waals surface area (Å²) >= 11 is 0. The number of hydrogen-bond acceptors (Lipinski definition) is 4. The molecule has 1 rings (SSSR count). The smallest absolute Gasteiger partial charge is 0.122 e. The molecule has 0 radical (unpaired) electrons. The molecule has 1 aromatic rings. The normalized spacial score (nSPS) is 15.7. The maximum atomic E-state index is 9.12. The highest BCUT2D eigenvalue weighted by Crippen LogP contribution is 2.23. The van der Waals surface area contributed by atoms with E-state index in [9.17, 15) is 0 Å². The summed E-state index contributed by atoms with van der Waals surface area (Å²) in [6, 6.07) is 8.30. The molecule has 0 saturated carbocycles. The number of hydrogen-bond donors (Lipinski definition) is 3. The van der Waals surface area contributed by atoms with Crippen molar-refractivity contribution >= 4 is 0 Å². The zero-order valence-electron chi connectivity index (χ0n) is 12.9. The van der Waals surface area contributed by atoms with Crippen LogP contribution in [0.1, 0.15) is 32.3 Å². The lowest BCUT2D eigenvalue weighted by molar-refractivity contribution is 0.232. The molecule has 0 aromatic heterocycles. The molecule has 4 N–H and O–H groups in total. The van der Waals surface area contributed by atoms with Gasteiger partial charge in [-0.1, -0.05) is 25.1 Å². The van der Waals surface area contributed by atoms with Crippen molar-refractivity contribution in [1.82, 2.24) is 5.32 Å². The van der Waals surface area contributed by atoms with Gasteiger partial charge in [-0.25, -0.2) is 0 Å². The molecule has 0 fully saturated rings. The number of methoxy groups -OCH3 is 1. The van der Waals surface area contributed by atoms with E-state index >= 15 is 0 Å². The summed E-state index contributed by atoms with van der Waals surface area (Å²) < 4.78 is 5.41. The molecule has 20 heavy (non-hydrogen) atoms. The predicted octanol–water partition coefficient (Wildman–Crippen LogP) is 1.71. The summed E-state index contributed by atoms with van der Waals surface area (Å²) in [6.07, 6.45) is 2.52. The van der Waals surface area contributed by atoms with Gasteiger partial charge < -0.3 is 20.9 Å². The van der Waals surface area contributed by atoms with E-state index in [1.165, 1.54) is 0 Å². The molecule has 0 spiro atoms. The number of ether oxygens (including phenoxy) is 1. The Hall–Kier alpha value is -1.10. The van der Waals surface area contributed by atoms with Crippen LogP contribution in [-0.4, -0.2) is 36.9 Å². The molecule has 2 unspecified atom stereocenters. The third kappa shape index (κ3) is 4.78. The fraction of sp³-hybridized carbons (Fsp3) is 0.625. The minimum atomic E-state index is -0.204. The van der Waals surface area contributed by atoms with Crippen LogP contribution in [0.15, 0.2) is 24.3 Å². The molecule has 0 amide bonds. The maximum Gasteiger partial charge on any atom is 0.122 e. The first-order valence-electron chi connectivity index (χ1n) is 7.29. The first-order valence-corrected chi connectivity index (χ1v) is 7.29. The highest BCUT2D eigenvalue weighted by Gasteiger charge is 2.26. The van der Waals surface area contributed by atoms with Crippen LogP contribution in [0, 0.1) is 0 Å². The van der Waals surface area contributed by atoms with Crippen LogP contribution in [0.4, 0.5) is 0 Å². The molecule has 0 saturated heterocycles. The van der Waals surface area contributed by atoms with Crippen LogP contribution in [0.5, 0.6) is 5.75 Å². The van der Waals surface area contributed by atoms with E-state index in [2.05, 4.69) is 25.2 Å². The van der Waals surface area contributed by atoms with Crippen LogP contribution in [0.25, 0.3) is 0 Å². The van der Waals surface area contributed by atoms with E-state index < -0.39 is 0 Å². The van der Waals surface area contributed by atoms with Crippen molar-refractivity contribution in [3.8, 4) is 5.75 Å². The van der Waals surface area contributed by atoms with Gasteiger partial charge in [0.15, 0.2) is 0 Å². The SMILES string of the molecule is CCC(CCO)NC(C)(CN)Cc1ccccc1OC. The van der Waals surface area contributed by atoms with Crippen molar-refractivity contribution in [2.75, 3.05) is 20.3 Å². The minimum absolute atomic E-state index is 0.195. The Balaban J connectivity index is 2.82. The lowest BCUT2D eigenvalue weighted by Gasteiger charge is -2.34. The van der Waals surface area contributed by atoms with Gasteiger partial charge in [-0.15, -0.1) is 0 Å². The number of nitrogens with two attached hydrogens (primary N) is 1. The molecule has 4 heteroatoms. The zero-order chi connectivity index (χ0) is 15.0. The lowest BCUT2D eigenvalue weighted by Crippen LogP contribution is -2.54. The number of nitrogens with one attached hydrogen (secondary N) is 1. The largest absolute Gasteiger partial charge is 0.496 e. The zero-order valence-corrected chi connectivity index (χ0v) is 12.9. The number of benzene rings is 1. The quantitative estimate of drug-likeness (QED) is 0.644. The monoisotopic (exact) mass is 280 g/mol. The first kappa shape index (κ1) is 17.0. The van der Waals surface area contributed by atoms with Crippen LogP contribution >= 0.6 is 0 Å². The second kappa shape index (κ2) is 8.25. The summed E-state index contributed by atoms with van der Waals surface area (Å²) in [6.45, 7) is 4.97. The van der Waals surface area contributed by atoms with Crippen molar-refractivity contribution in [2.24, 2.45) is 5.73 Å². The van der Waals surface area contributed by atoms with Crippen LogP contribution in [-0.2, 0) is 6.42 Å². The van der Waals surface area contributed by atoms with Crippen LogP contribution in [0.2, 0.25) is 0 Å². The van der Waals surface area contributed by atoms with Crippen LogP contribution in [0.3, 0.4) is 0 Å². The number of rotatable bonds is 9. The van der Waals surface area contributed by atoms with Crippen molar-refractivity contribution in [2.45, 2.75) is 44.7 Å². The first-order chi connectivity index (χ1) is 9.58. The average molecular weight is 280 g/mol. The van der Waals surface area contributed by atoms with Crippen molar-refractivity contribution < 1.29 is 9.84 Å². The summed E-state index contributed by atoms with van der Waals surface area (Å²) in [7, 11) is 1.69. The molecular weight excluding hydrogens is 252 g/mol. The van der Waals surface area contributed by atoms with Gasteiger partial charge in [0.1, 0.15) is 5.75 Å². The van der Waals surface area contributed by atoms with E-state index in [0.29, 0.717) is 6.54 Å². The Morgan fingerprint density at radius 2 is 2.10 bits per heavy atom. The molecule has 0 bridgehead atoms. The maximum absolute atomic E-state index is 9.12. The number of para-hydroxylation sites is 1. The Kier molecular flexibility index (Phi) is 6.99. The van der Waals surface area contributed by atoms with E-state index in [0.717, 1.165) is 30.6 Å². The molecule has 2 atom stereocenters. The predicted molar refractivity (Wildman–Crippen MR) is 83.1 cm³/mol. The van der Waals surface area contributed by atoms with E-state index in [-0.39, 0.29) is 18.2 Å². The van der Waals surface area contributed by atoms with Gasteiger partial charge in [-0.05, 0) is 37.8 Å². The second-order valence-corrected chi connectivity index (χ2v) is 5.52. The van der Waals surface area contributed by atoms with Gasteiger partial charge in [0.05, 0.1) is 7.11 Å². The summed E-state index contributed by atoms with van der Waals surface area (Å²) in [4.78, 5) is 0. The number of aliphatic hydroxyl groups is 1. The summed E-state index contributed by atoms with van der Waals surface area (Å²) in [5.41, 5.74) is 6.92. The third-order valence-electron chi connectivity index (χ3n) is 3.75. The van der Waals surface area contributed by atoms with E-state index in [1.807, 2.05) is 18.2 Å². The third-order valence-corrected chi connectivity index (χ3v) is 3.75. The van der Waals surface area contributed by atoms with Crippen molar-refractivity contribution in [3.63, 3.8) is 0 Å². The van der Waals surface area contributed by atoms with Gasteiger partial charge >= 0.3 is 0 Å². The summed E-state index contributed by atoms with van der Waals surface area (Å²) in [5, 5.41) is 12.7. The molecule has 0 aliphatic heterocycles.